The van der Waals surface area contributed by atoms with E-state index in [4.69, 9.17) is 61.1 Å². The molecule has 8 bridgehead atoms. The van der Waals surface area contributed by atoms with Crippen LogP contribution in [0.25, 0.3) is 21.8 Å². The van der Waals surface area contributed by atoms with Gasteiger partial charge in [0.05, 0.1) is 75.9 Å². The second kappa shape index (κ2) is 37.2. The molecular formula is C94H116Cl2N6O18. The highest BCUT2D eigenvalue weighted by molar-refractivity contribution is 6.35. The summed E-state index contributed by atoms with van der Waals surface area (Å²) < 4.78 is 48.4. The third-order valence-corrected chi connectivity index (χ3v) is 25.8. The highest BCUT2D eigenvalue weighted by Gasteiger charge is 2.66. The Morgan fingerprint density at radius 1 is 0.575 bits per heavy atom. The predicted molar refractivity (Wildman–Crippen MR) is 460 cm³/mol. The second-order valence-corrected chi connectivity index (χ2v) is 35.8. The third kappa shape index (κ3) is 19.8. The first-order chi connectivity index (χ1) is 56.5. The van der Waals surface area contributed by atoms with Crippen LogP contribution in [0.3, 0.4) is 0 Å². The highest BCUT2D eigenvalue weighted by atomic mass is 35.5. The Balaban J connectivity index is 0.000000235. The molecule has 4 amide bonds. The van der Waals surface area contributed by atoms with Crippen LogP contribution in [-0.2, 0) is 92.3 Å². The molecular weight excluding hydrogens is 1570 g/mol. The summed E-state index contributed by atoms with van der Waals surface area (Å²) in [7, 11) is 9.30. The summed E-state index contributed by atoms with van der Waals surface area (Å²) in [6.07, 6.45) is 9.16. The number of amides is 4. The van der Waals surface area contributed by atoms with Gasteiger partial charge >= 0.3 is 23.9 Å². The van der Waals surface area contributed by atoms with E-state index < -0.39 is 131 Å². The van der Waals surface area contributed by atoms with Gasteiger partial charge in [0, 0.05) is 95.8 Å². The van der Waals surface area contributed by atoms with E-state index >= 15 is 0 Å². The van der Waals surface area contributed by atoms with Gasteiger partial charge in [0.25, 0.3) is 11.8 Å². The van der Waals surface area contributed by atoms with Gasteiger partial charge in [0.15, 0.2) is 0 Å². The van der Waals surface area contributed by atoms with E-state index in [1.807, 2.05) is 120 Å². The molecule has 0 unspecified atom stereocenters. The summed E-state index contributed by atoms with van der Waals surface area (Å²) in [6.45, 7) is 26.5. The van der Waals surface area contributed by atoms with Crippen LogP contribution in [0.2, 0.25) is 10.0 Å². The molecule has 644 valence electrons. The molecule has 6 aliphatic rings. The molecule has 24 nitrogen and oxygen atoms in total. The lowest BCUT2D eigenvalue weighted by Gasteiger charge is -2.41. The summed E-state index contributed by atoms with van der Waals surface area (Å²) in [5, 5.41) is 26.2. The minimum absolute atomic E-state index is 0.0586. The van der Waals surface area contributed by atoms with Crippen molar-refractivity contribution in [3.63, 3.8) is 0 Å². The molecule has 26 heteroatoms. The van der Waals surface area contributed by atoms with Gasteiger partial charge in [0.1, 0.15) is 71.1 Å². The molecule has 8 heterocycles. The minimum Gasteiger partial charge on any atom is -0.462 e. The normalized spacial score (nSPS) is 29.2. The number of carbonyl (C=O) groups excluding carboxylic acids is 8. The van der Waals surface area contributed by atoms with Gasteiger partial charge in [-0.1, -0.05) is 149 Å². The monoisotopic (exact) mass is 1690 g/mol. The number of halogens is 2. The number of hydrogen-bond donors (Lipinski definition) is 2. The number of epoxide rings is 2. The van der Waals surface area contributed by atoms with Crippen molar-refractivity contribution in [3.05, 3.63) is 187 Å². The topological polar surface area (TPSA) is 296 Å². The van der Waals surface area contributed by atoms with E-state index in [1.54, 1.807) is 91.6 Å². The first-order valence-electron chi connectivity index (χ1n) is 41.3. The Kier molecular flexibility index (Phi) is 28.4. The maximum absolute atomic E-state index is 14.3. The van der Waals surface area contributed by atoms with Crippen LogP contribution in [-0.4, -0.2) is 203 Å². The molecule has 2 N–H and O–H groups in total. The van der Waals surface area contributed by atoms with E-state index in [0.717, 1.165) is 68.3 Å². The number of aryl methyl sites for hydroxylation is 2. The van der Waals surface area contributed by atoms with Gasteiger partial charge in [-0.05, 0) is 163 Å². The maximum Gasteiger partial charge on any atom is 0.328 e. The summed E-state index contributed by atoms with van der Waals surface area (Å²) in [6, 6.07) is 20.3. The maximum atomic E-state index is 14.3. The summed E-state index contributed by atoms with van der Waals surface area (Å²) in [5.41, 5.74) is 4.93. The van der Waals surface area contributed by atoms with Gasteiger partial charge < -0.3 is 67.7 Å². The lowest BCUT2D eigenvalue weighted by atomic mass is 9.78. The Bertz CT molecular complexity index is 4750. The molecule has 2 aromatic heterocycles. The number of carbonyl (C=O) groups is 8. The van der Waals surface area contributed by atoms with Crippen molar-refractivity contribution < 1.29 is 86.5 Å². The molecule has 4 aromatic carbocycles. The number of likely N-dealkylation sites (N-methyl/N-ethyl adjacent to an activating group) is 2. The van der Waals surface area contributed by atoms with Crippen LogP contribution in [0.1, 0.15) is 176 Å². The fraction of sp³-hybridized carbons (Fsp3) is 0.511. The van der Waals surface area contributed by atoms with Gasteiger partial charge in [0.2, 0.25) is 11.8 Å². The van der Waals surface area contributed by atoms with Gasteiger partial charge in [-0.3, -0.25) is 38.7 Å². The lowest BCUT2D eigenvalue weighted by Crippen LogP contribution is -2.53. The van der Waals surface area contributed by atoms with Crippen molar-refractivity contribution in [2.75, 3.05) is 52.2 Å². The average molecular weight is 1690 g/mol. The molecule has 6 aliphatic heterocycles. The number of hydrogen-bond acceptors (Lipinski definition) is 20. The molecule has 0 spiro atoms. The first kappa shape index (κ1) is 91.5. The first-order valence-corrected chi connectivity index (χ1v) is 42.0. The van der Waals surface area contributed by atoms with E-state index in [-0.39, 0.29) is 50.3 Å². The Morgan fingerprint density at radius 3 is 1.41 bits per heavy atom. The van der Waals surface area contributed by atoms with E-state index in [9.17, 15) is 48.6 Å². The molecule has 6 aromatic rings. The number of esters is 4. The van der Waals surface area contributed by atoms with Crippen molar-refractivity contribution >= 4 is 104 Å². The van der Waals surface area contributed by atoms with Crippen molar-refractivity contribution in [2.24, 2.45) is 23.7 Å². The molecule has 0 radical (unpaired) electrons. The van der Waals surface area contributed by atoms with Gasteiger partial charge in [-0.15, -0.1) is 0 Å². The zero-order chi connectivity index (χ0) is 87.7. The zero-order valence-electron chi connectivity index (χ0n) is 72.6. The van der Waals surface area contributed by atoms with Crippen LogP contribution in [0.15, 0.2) is 133 Å². The number of pyridine rings is 2. The predicted octanol–water partition coefficient (Wildman–Crippen LogP) is 14.2. The number of ether oxygens (including phenoxy) is 8. The Labute approximate surface area is 713 Å². The van der Waals surface area contributed by atoms with Crippen molar-refractivity contribution in [1.82, 2.24) is 19.8 Å². The molecule has 4 fully saturated rings. The Hall–Kier alpha value is -9.24. The van der Waals surface area contributed by atoms with E-state index in [0.29, 0.717) is 68.1 Å². The average Bonchev–Trinajstić information content (AvgIpc) is 1.64. The van der Waals surface area contributed by atoms with Crippen LogP contribution in [0.4, 0.5) is 11.4 Å². The van der Waals surface area contributed by atoms with Crippen LogP contribution < -0.4 is 9.80 Å². The van der Waals surface area contributed by atoms with E-state index in [2.05, 4.69) is 37.7 Å². The van der Waals surface area contributed by atoms with E-state index in [1.165, 1.54) is 40.9 Å². The zero-order valence-corrected chi connectivity index (χ0v) is 74.1. The highest BCUT2D eigenvalue weighted by Crippen LogP contribution is 2.52. The SMILES string of the molecule is CO[C@@H]1/C=C/C=C(\C)Cc2cc(C)c(Cl)c(c2)N(C)C(=O)C[C@H](OC(=O)[C@H](C)N(C)C(=O)c2ccc(CC(C)C)c3cccnc23)[C@]2(C)O[C@H]2[C@H](C)[C@@H]2C[C@@]1(O)CC(=O)O2.CO[C@@H]1/C=C/C=C(\C)Cc2cc(C)c(Cl)c(c2)N(C)C(=O)C[C@H](OC(=O)[C@H](C)N(C)C(=O)c2ccc(CC(C)C)c3ncccc23)[C@]2(C)O[C@H]2[C@H](C)[C@@H]2C[C@@]1(O)CC(=O)O2. The number of aliphatic hydroxyl groups is 2. The number of anilines is 2. The van der Waals surface area contributed by atoms with Crippen molar-refractivity contribution in [3.8, 4) is 0 Å². The molecule has 4 saturated heterocycles. The summed E-state index contributed by atoms with van der Waals surface area (Å²) in [4.78, 5) is 126. The fourth-order valence-corrected chi connectivity index (χ4v) is 17.8. The molecule has 0 aliphatic carbocycles. The molecule has 12 rings (SSSR count). The smallest absolute Gasteiger partial charge is 0.328 e. The van der Waals surface area contributed by atoms with Crippen LogP contribution in [0, 0.1) is 37.5 Å². The quantitative estimate of drug-likeness (QED) is 0.0582. The minimum atomic E-state index is -1.58. The van der Waals surface area contributed by atoms with Crippen molar-refractivity contribution in [2.45, 2.75) is 244 Å². The van der Waals surface area contributed by atoms with Crippen LogP contribution >= 0.6 is 23.2 Å². The molecule has 120 heavy (non-hydrogen) atoms. The van der Waals surface area contributed by atoms with Gasteiger partial charge in [-0.25, -0.2) is 9.59 Å². The number of nitrogens with zero attached hydrogens (tertiary/aromatic N) is 6. The number of fused-ring (bicyclic) bond motifs is 12. The van der Waals surface area contributed by atoms with Crippen molar-refractivity contribution in [1.29, 1.82) is 0 Å². The number of allylic oxidation sites excluding steroid dienone is 6. The lowest BCUT2D eigenvalue weighted by molar-refractivity contribution is -0.188. The van der Waals surface area contributed by atoms with Crippen LogP contribution in [0.5, 0.6) is 0 Å². The number of rotatable bonds is 14. The fourth-order valence-electron chi connectivity index (χ4n) is 17.4. The molecule has 0 saturated carbocycles. The Morgan fingerprint density at radius 2 is 0.975 bits per heavy atom. The summed E-state index contributed by atoms with van der Waals surface area (Å²) in [5.74, 6) is -4.45. The standard InChI is InChI=1S/2C47H58ClN3O9/c1-26(2)19-32-16-17-34(33-14-12-18-49-42(32)33)44(54)50(8)30(6)45(55)59-38-23-39(52)51(9)35-22-31(21-28(4)41(35)48)20-27(3)13-11-15-37(57-10)47(56)24-36(58-40(53)25-47)29(5)43-46(38,7)60-43;1-26(2)19-32-16-17-34(42-33(32)14-12-18-49-42)44(54)50(8)30(6)45(55)59-38-23-39(52)51(9)35-22-31(21-28(4)41(35)48)20-27(3)13-11-15-37(57-10)47(56)24-36(58-40(53)25-47)29(5)43-46(38,7)60-43/h2*11-18,21-22,26,29-30,36-38,43,56H,19-20,23-25H2,1-10H3/b2*15-11+,27-13+/t2*29-,30+,36+,37-,38+,43+,46+,47-/m11/s1. The second-order valence-electron chi connectivity index (χ2n) is 35.0. The third-order valence-electron chi connectivity index (χ3n) is 24.8. The number of benzene rings is 4. The number of methoxy groups -OCH3 is 2. The summed E-state index contributed by atoms with van der Waals surface area (Å²) >= 11 is 13.7. The van der Waals surface area contributed by atoms with Gasteiger partial charge in [-0.2, -0.15) is 0 Å². The largest absolute Gasteiger partial charge is 0.462 e. The number of aromatic nitrogens is 2. The molecule has 16 atom stereocenters.